The Morgan fingerprint density at radius 2 is 2.25 bits per heavy atom. The van der Waals surface area contributed by atoms with Crippen molar-refractivity contribution in [2.75, 3.05) is 12.4 Å². The number of aromatic nitrogens is 4. The van der Waals surface area contributed by atoms with Crippen LogP contribution in [0.4, 0.5) is 5.69 Å². The van der Waals surface area contributed by atoms with E-state index in [1.54, 1.807) is 28.9 Å². The number of aryl methyl sites for hydroxylation is 1. The molecule has 1 N–H and O–H groups in total. The lowest BCUT2D eigenvalue weighted by Gasteiger charge is -2.04. The molecule has 0 fully saturated rings. The zero-order valence-corrected chi connectivity index (χ0v) is 13.1. The Balaban J connectivity index is 1.99. The average Bonchev–Trinajstić information content (AvgIpc) is 2.92. The van der Waals surface area contributed by atoms with Crippen molar-refractivity contribution in [3.8, 4) is 0 Å². The van der Waals surface area contributed by atoms with Crippen LogP contribution in [0, 0.1) is 13.8 Å². The third kappa shape index (κ3) is 3.26. The summed E-state index contributed by atoms with van der Waals surface area (Å²) in [7, 11) is 1.58. The Morgan fingerprint density at radius 1 is 1.50 bits per heavy atom. The lowest BCUT2D eigenvalue weighted by Crippen LogP contribution is -2.20. The number of amides is 1. The van der Waals surface area contributed by atoms with Crippen molar-refractivity contribution in [3.05, 3.63) is 28.3 Å². The Labute approximate surface area is 125 Å². The lowest BCUT2D eigenvalue weighted by molar-refractivity contribution is -0.116. The van der Waals surface area contributed by atoms with Crippen LogP contribution in [-0.2, 0) is 22.8 Å². The zero-order chi connectivity index (χ0) is 14.7. The van der Waals surface area contributed by atoms with Gasteiger partial charge in [-0.2, -0.15) is 10.2 Å². The molecule has 8 heteroatoms. The predicted molar refractivity (Wildman–Crippen MR) is 77.3 cm³/mol. The molecule has 0 aromatic carbocycles. The van der Waals surface area contributed by atoms with Crippen LogP contribution in [0.2, 0.25) is 0 Å². The van der Waals surface area contributed by atoms with Gasteiger partial charge in [-0.25, -0.2) is 4.68 Å². The van der Waals surface area contributed by atoms with Gasteiger partial charge in [-0.3, -0.25) is 9.48 Å². The molecule has 0 radical (unpaired) electrons. The SMILES string of the molecule is COCn1cc(NC(=O)Cn2nc(C)c(Br)c2C)cn1. The first-order chi connectivity index (χ1) is 9.51. The first-order valence-electron chi connectivity index (χ1n) is 6.02. The number of anilines is 1. The molecule has 1 amide bonds. The smallest absolute Gasteiger partial charge is 0.246 e. The van der Waals surface area contributed by atoms with E-state index in [0.29, 0.717) is 12.4 Å². The van der Waals surface area contributed by atoms with E-state index in [9.17, 15) is 4.79 Å². The van der Waals surface area contributed by atoms with E-state index in [1.165, 1.54) is 0 Å². The van der Waals surface area contributed by atoms with E-state index in [0.717, 1.165) is 15.9 Å². The molecule has 2 heterocycles. The molecule has 0 aliphatic heterocycles. The highest BCUT2D eigenvalue weighted by Crippen LogP contribution is 2.19. The molecule has 2 aromatic heterocycles. The van der Waals surface area contributed by atoms with Crippen LogP contribution in [0.1, 0.15) is 11.4 Å². The molecule has 2 aromatic rings. The zero-order valence-electron chi connectivity index (χ0n) is 11.6. The van der Waals surface area contributed by atoms with Gasteiger partial charge in [0, 0.05) is 7.11 Å². The maximum absolute atomic E-state index is 12.0. The highest BCUT2D eigenvalue weighted by molar-refractivity contribution is 9.10. The maximum atomic E-state index is 12.0. The minimum Gasteiger partial charge on any atom is -0.362 e. The third-order valence-electron chi connectivity index (χ3n) is 2.76. The first kappa shape index (κ1) is 14.7. The Kier molecular flexibility index (Phi) is 4.56. The molecule has 0 unspecified atom stereocenters. The predicted octanol–water partition coefficient (Wildman–Crippen LogP) is 1.70. The Hall–Kier alpha value is -1.67. The lowest BCUT2D eigenvalue weighted by atomic mass is 10.4. The van der Waals surface area contributed by atoms with Gasteiger partial charge in [-0.1, -0.05) is 0 Å². The minimum atomic E-state index is -0.153. The van der Waals surface area contributed by atoms with Crippen LogP contribution in [-0.4, -0.2) is 32.6 Å². The van der Waals surface area contributed by atoms with Gasteiger partial charge in [-0.05, 0) is 29.8 Å². The van der Waals surface area contributed by atoms with Crippen LogP contribution < -0.4 is 5.32 Å². The summed E-state index contributed by atoms with van der Waals surface area (Å²) in [6, 6.07) is 0. The van der Waals surface area contributed by atoms with Gasteiger partial charge in [0.2, 0.25) is 5.91 Å². The van der Waals surface area contributed by atoms with Gasteiger partial charge >= 0.3 is 0 Å². The maximum Gasteiger partial charge on any atom is 0.246 e. The first-order valence-corrected chi connectivity index (χ1v) is 6.81. The summed E-state index contributed by atoms with van der Waals surface area (Å²) >= 11 is 3.44. The van der Waals surface area contributed by atoms with Gasteiger partial charge in [0.1, 0.15) is 13.3 Å². The fraction of sp³-hybridized carbons (Fsp3) is 0.417. The van der Waals surface area contributed by atoms with Crippen LogP contribution >= 0.6 is 15.9 Å². The van der Waals surface area contributed by atoms with Gasteiger partial charge in [-0.15, -0.1) is 0 Å². The second-order valence-electron chi connectivity index (χ2n) is 4.38. The Bertz CT molecular complexity index is 619. The second kappa shape index (κ2) is 6.19. The van der Waals surface area contributed by atoms with Crippen molar-refractivity contribution >= 4 is 27.5 Å². The van der Waals surface area contributed by atoms with E-state index in [4.69, 9.17) is 4.74 Å². The number of carbonyl (C=O) groups is 1. The second-order valence-corrected chi connectivity index (χ2v) is 5.17. The minimum absolute atomic E-state index is 0.153. The average molecular weight is 342 g/mol. The van der Waals surface area contributed by atoms with Crippen LogP contribution in [0.25, 0.3) is 0 Å². The summed E-state index contributed by atoms with van der Waals surface area (Å²) in [6.45, 7) is 4.31. The summed E-state index contributed by atoms with van der Waals surface area (Å²) < 4.78 is 9.12. The number of nitrogens with one attached hydrogen (secondary N) is 1. The molecule has 20 heavy (non-hydrogen) atoms. The number of halogens is 1. The van der Waals surface area contributed by atoms with Crippen molar-refractivity contribution < 1.29 is 9.53 Å². The number of methoxy groups -OCH3 is 1. The van der Waals surface area contributed by atoms with Crippen molar-refractivity contribution in [2.45, 2.75) is 27.1 Å². The highest BCUT2D eigenvalue weighted by atomic mass is 79.9. The highest BCUT2D eigenvalue weighted by Gasteiger charge is 2.12. The number of nitrogens with zero attached hydrogens (tertiary/aromatic N) is 4. The van der Waals surface area contributed by atoms with E-state index in [2.05, 4.69) is 31.4 Å². The van der Waals surface area contributed by atoms with E-state index in [1.807, 2.05) is 13.8 Å². The van der Waals surface area contributed by atoms with E-state index < -0.39 is 0 Å². The topological polar surface area (TPSA) is 74.0 Å². The number of carbonyl (C=O) groups excluding carboxylic acids is 1. The van der Waals surface area contributed by atoms with Crippen LogP contribution in [0.3, 0.4) is 0 Å². The molecular weight excluding hydrogens is 326 g/mol. The molecule has 7 nitrogen and oxygen atoms in total. The van der Waals surface area contributed by atoms with Crippen molar-refractivity contribution in [2.24, 2.45) is 0 Å². The molecule has 108 valence electrons. The summed E-state index contributed by atoms with van der Waals surface area (Å²) in [5, 5.41) is 11.1. The molecule has 2 rings (SSSR count). The summed E-state index contributed by atoms with van der Waals surface area (Å²) in [4.78, 5) is 12.0. The van der Waals surface area contributed by atoms with Crippen molar-refractivity contribution in [1.82, 2.24) is 19.6 Å². The number of hydrogen-bond donors (Lipinski definition) is 1. The molecule has 0 bridgehead atoms. The van der Waals surface area contributed by atoms with Gasteiger partial charge in [0.25, 0.3) is 0 Å². The molecule has 0 saturated heterocycles. The summed E-state index contributed by atoms with van der Waals surface area (Å²) in [6.07, 6.45) is 3.28. The molecule has 0 aliphatic rings. The molecular formula is C12H16BrN5O2. The molecule has 0 saturated carbocycles. The van der Waals surface area contributed by atoms with Crippen LogP contribution in [0.5, 0.6) is 0 Å². The Morgan fingerprint density at radius 3 is 2.85 bits per heavy atom. The van der Waals surface area contributed by atoms with E-state index >= 15 is 0 Å². The standard InChI is InChI=1S/C12H16BrN5O2/c1-8-12(13)9(2)18(16-8)6-11(19)15-10-4-14-17(5-10)7-20-3/h4-5H,6-7H2,1-3H3,(H,15,19). The molecule has 0 spiro atoms. The van der Waals surface area contributed by atoms with Crippen LogP contribution in [0.15, 0.2) is 16.9 Å². The van der Waals surface area contributed by atoms with Crippen molar-refractivity contribution in [1.29, 1.82) is 0 Å². The van der Waals surface area contributed by atoms with Gasteiger partial charge in [0.05, 0.1) is 33.9 Å². The normalized spacial score (nSPS) is 10.8. The van der Waals surface area contributed by atoms with Gasteiger partial charge in [0.15, 0.2) is 0 Å². The third-order valence-corrected chi connectivity index (χ3v) is 3.91. The molecule has 0 aliphatic carbocycles. The summed E-state index contributed by atoms with van der Waals surface area (Å²) in [5.41, 5.74) is 2.42. The quantitative estimate of drug-likeness (QED) is 0.898. The monoisotopic (exact) mass is 341 g/mol. The summed E-state index contributed by atoms with van der Waals surface area (Å²) in [5.74, 6) is -0.153. The number of ether oxygens (including phenoxy) is 1. The number of hydrogen-bond acceptors (Lipinski definition) is 4. The fourth-order valence-corrected chi connectivity index (χ4v) is 2.08. The van der Waals surface area contributed by atoms with Crippen molar-refractivity contribution in [3.63, 3.8) is 0 Å². The molecule has 0 atom stereocenters. The largest absolute Gasteiger partial charge is 0.362 e. The number of rotatable bonds is 5. The fourth-order valence-electron chi connectivity index (χ4n) is 1.80. The van der Waals surface area contributed by atoms with E-state index in [-0.39, 0.29) is 12.5 Å². The van der Waals surface area contributed by atoms with Gasteiger partial charge < -0.3 is 10.1 Å².